The Labute approximate surface area is 129 Å². The summed E-state index contributed by atoms with van der Waals surface area (Å²) in [6.45, 7) is 3.44. The Kier molecular flexibility index (Phi) is 3.97. The fourth-order valence-electron chi connectivity index (χ4n) is 2.79. The zero-order chi connectivity index (χ0) is 14.8. The Bertz CT molecular complexity index is 639. The van der Waals surface area contributed by atoms with Gasteiger partial charge in [0.2, 0.25) is 5.91 Å². The van der Waals surface area contributed by atoms with Crippen molar-refractivity contribution in [3.8, 4) is 0 Å². The van der Waals surface area contributed by atoms with E-state index in [1.807, 2.05) is 34.7 Å². The van der Waals surface area contributed by atoms with E-state index >= 15 is 0 Å². The van der Waals surface area contributed by atoms with Crippen LogP contribution in [0, 0.1) is 0 Å². The van der Waals surface area contributed by atoms with Gasteiger partial charge in [0.15, 0.2) is 0 Å². The van der Waals surface area contributed by atoms with Crippen LogP contribution in [0.25, 0.3) is 0 Å². The lowest BCUT2D eigenvalue weighted by Crippen LogP contribution is -2.36. The van der Waals surface area contributed by atoms with Crippen molar-refractivity contribution in [2.24, 2.45) is 0 Å². The maximum absolute atomic E-state index is 12.5. The fraction of sp³-hybridized carbons (Fsp3) is 0.375. The largest absolute Gasteiger partial charge is 0.338 e. The third-order valence-corrected chi connectivity index (χ3v) is 4.42. The molecule has 3 rings (SSSR count). The van der Waals surface area contributed by atoms with Crippen LogP contribution in [0.2, 0.25) is 5.02 Å². The highest BCUT2D eigenvalue weighted by molar-refractivity contribution is 6.31. The molecule has 1 atom stereocenters. The molecule has 0 N–H and O–H groups in total. The van der Waals surface area contributed by atoms with Crippen molar-refractivity contribution >= 4 is 17.5 Å². The third-order valence-electron chi connectivity index (χ3n) is 4.07. The number of imidazole rings is 1. The number of hydrogen-bond acceptors (Lipinski definition) is 2. The van der Waals surface area contributed by atoms with E-state index in [9.17, 15) is 4.79 Å². The monoisotopic (exact) mass is 303 g/mol. The van der Waals surface area contributed by atoms with Crippen molar-refractivity contribution in [2.75, 3.05) is 6.54 Å². The first-order chi connectivity index (χ1) is 10.1. The smallest absolute Gasteiger partial charge is 0.224 e. The first-order valence-electron chi connectivity index (χ1n) is 7.16. The zero-order valence-corrected chi connectivity index (χ0v) is 12.8. The van der Waals surface area contributed by atoms with Crippen molar-refractivity contribution in [1.82, 2.24) is 14.5 Å². The van der Waals surface area contributed by atoms with Crippen molar-refractivity contribution in [1.29, 1.82) is 0 Å². The number of carbonyl (C=O) groups is 1. The molecule has 2 heterocycles. The summed E-state index contributed by atoms with van der Waals surface area (Å²) < 4.78 is 1.96. The van der Waals surface area contributed by atoms with Crippen LogP contribution in [0.3, 0.4) is 0 Å². The van der Waals surface area contributed by atoms with Crippen LogP contribution < -0.4 is 0 Å². The summed E-state index contributed by atoms with van der Waals surface area (Å²) in [5, 5.41) is 0.811. The molecule has 0 spiro atoms. The SMILES string of the molecule is CC(CC(=O)N1CCc2c(Cl)cccc2C1)n1ccnc1. The molecule has 1 aromatic heterocycles. The minimum absolute atomic E-state index is 0.126. The number of fused-ring (bicyclic) bond motifs is 1. The van der Waals surface area contributed by atoms with E-state index in [4.69, 9.17) is 11.6 Å². The Morgan fingerprint density at radius 1 is 1.48 bits per heavy atom. The summed E-state index contributed by atoms with van der Waals surface area (Å²) in [6, 6.07) is 6.04. The average molecular weight is 304 g/mol. The van der Waals surface area contributed by atoms with Gasteiger partial charge in [-0.25, -0.2) is 4.98 Å². The molecule has 0 saturated heterocycles. The molecule has 1 aromatic carbocycles. The molecule has 1 amide bonds. The van der Waals surface area contributed by atoms with Crippen molar-refractivity contribution in [3.63, 3.8) is 0 Å². The number of nitrogens with zero attached hydrogens (tertiary/aromatic N) is 3. The summed E-state index contributed by atoms with van der Waals surface area (Å²) >= 11 is 6.21. The quantitative estimate of drug-likeness (QED) is 0.874. The summed E-state index contributed by atoms with van der Waals surface area (Å²) in [4.78, 5) is 18.4. The van der Waals surface area contributed by atoms with Crippen LogP contribution in [0.4, 0.5) is 0 Å². The summed E-state index contributed by atoms with van der Waals surface area (Å²) in [7, 11) is 0. The molecule has 2 aromatic rings. The van der Waals surface area contributed by atoms with Crippen LogP contribution >= 0.6 is 11.6 Å². The molecule has 110 valence electrons. The van der Waals surface area contributed by atoms with E-state index in [0.29, 0.717) is 13.0 Å². The molecule has 21 heavy (non-hydrogen) atoms. The van der Waals surface area contributed by atoms with Crippen molar-refractivity contribution < 1.29 is 4.79 Å². The van der Waals surface area contributed by atoms with Gasteiger partial charge in [-0.15, -0.1) is 0 Å². The number of halogens is 1. The van der Waals surface area contributed by atoms with Gasteiger partial charge in [-0.1, -0.05) is 23.7 Å². The molecule has 1 aliphatic heterocycles. The molecule has 1 aliphatic rings. The highest BCUT2D eigenvalue weighted by Crippen LogP contribution is 2.26. The third kappa shape index (κ3) is 2.95. The second kappa shape index (κ2) is 5.90. The lowest BCUT2D eigenvalue weighted by molar-refractivity contribution is -0.132. The maximum atomic E-state index is 12.5. The van der Waals surface area contributed by atoms with E-state index in [2.05, 4.69) is 11.1 Å². The Hall–Kier alpha value is -1.81. The molecule has 0 bridgehead atoms. The van der Waals surface area contributed by atoms with Crippen molar-refractivity contribution in [3.05, 3.63) is 53.1 Å². The van der Waals surface area contributed by atoms with E-state index in [0.717, 1.165) is 23.6 Å². The first kappa shape index (κ1) is 14.1. The second-order valence-corrected chi connectivity index (χ2v) is 5.91. The molecular weight excluding hydrogens is 286 g/mol. The van der Waals surface area contributed by atoms with Gasteiger partial charge in [0.25, 0.3) is 0 Å². The number of carbonyl (C=O) groups excluding carboxylic acids is 1. The molecule has 1 unspecified atom stereocenters. The van der Waals surface area contributed by atoms with E-state index < -0.39 is 0 Å². The van der Waals surface area contributed by atoms with Gasteiger partial charge in [0.1, 0.15) is 0 Å². The van der Waals surface area contributed by atoms with Crippen LogP contribution in [0.5, 0.6) is 0 Å². The van der Waals surface area contributed by atoms with Crippen LogP contribution in [0.15, 0.2) is 36.9 Å². The second-order valence-electron chi connectivity index (χ2n) is 5.51. The zero-order valence-electron chi connectivity index (χ0n) is 12.0. The van der Waals surface area contributed by atoms with E-state index in [1.54, 1.807) is 12.5 Å². The Morgan fingerprint density at radius 3 is 3.10 bits per heavy atom. The standard InChI is InChI=1S/C16H18ClN3O/c1-12(20-8-6-18-11-20)9-16(21)19-7-5-14-13(10-19)3-2-4-15(14)17/h2-4,6,8,11-12H,5,7,9-10H2,1H3. The lowest BCUT2D eigenvalue weighted by atomic mass is 9.99. The molecule has 4 nitrogen and oxygen atoms in total. The summed E-state index contributed by atoms with van der Waals surface area (Å²) in [5.74, 6) is 0.182. The van der Waals surface area contributed by atoms with Gasteiger partial charge < -0.3 is 9.47 Å². The fourth-order valence-corrected chi connectivity index (χ4v) is 3.08. The molecule has 0 radical (unpaired) electrons. The Morgan fingerprint density at radius 2 is 2.33 bits per heavy atom. The Balaban J connectivity index is 1.67. The average Bonchev–Trinajstić information content (AvgIpc) is 3.01. The van der Waals surface area contributed by atoms with Crippen LogP contribution in [0.1, 0.15) is 30.5 Å². The number of aromatic nitrogens is 2. The molecule has 0 fully saturated rings. The van der Waals surface area contributed by atoms with E-state index in [1.165, 1.54) is 5.56 Å². The summed E-state index contributed by atoms with van der Waals surface area (Å²) in [6.07, 6.45) is 6.71. The predicted octanol–water partition coefficient (Wildman–Crippen LogP) is 3.07. The van der Waals surface area contributed by atoms with Gasteiger partial charge in [0, 0.05) is 43.0 Å². The molecule has 0 saturated carbocycles. The highest BCUT2D eigenvalue weighted by atomic mass is 35.5. The maximum Gasteiger partial charge on any atom is 0.224 e. The van der Waals surface area contributed by atoms with Gasteiger partial charge >= 0.3 is 0 Å². The predicted molar refractivity (Wildman–Crippen MR) is 82.1 cm³/mol. The molecule has 0 aliphatic carbocycles. The van der Waals surface area contributed by atoms with Gasteiger partial charge in [0.05, 0.1) is 6.33 Å². The topological polar surface area (TPSA) is 38.1 Å². The normalized spacial score (nSPS) is 15.6. The molecular formula is C16H18ClN3O. The number of benzene rings is 1. The van der Waals surface area contributed by atoms with Gasteiger partial charge in [-0.3, -0.25) is 4.79 Å². The molecule has 5 heteroatoms. The number of amides is 1. The minimum Gasteiger partial charge on any atom is -0.338 e. The van der Waals surface area contributed by atoms with Gasteiger partial charge in [-0.05, 0) is 30.5 Å². The lowest BCUT2D eigenvalue weighted by Gasteiger charge is -2.30. The summed E-state index contributed by atoms with van der Waals surface area (Å²) in [5.41, 5.74) is 2.35. The minimum atomic E-state index is 0.126. The van der Waals surface area contributed by atoms with Crippen molar-refractivity contribution in [2.45, 2.75) is 32.4 Å². The van der Waals surface area contributed by atoms with Crippen LogP contribution in [-0.2, 0) is 17.8 Å². The number of hydrogen-bond donors (Lipinski definition) is 0. The first-order valence-corrected chi connectivity index (χ1v) is 7.54. The highest BCUT2D eigenvalue weighted by Gasteiger charge is 2.23. The number of rotatable bonds is 3. The van der Waals surface area contributed by atoms with E-state index in [-0.39, 0.29) is 11.9 Å². The van der Waals surface area contributed by atoms with Gasteiger partial charge in [-0.2, -0.15) is 0 Å². The van der Waals surface area contributed by atoms with Crippen LogP contribution in [-0.4, -0.2) is 26.9 Å².